The first kappa shape index (κ1) is 33.7. The number of rotatable bonds is 8. The minimum absolute atomic E-state index is 0.0145. The number of anilines is 1. The standard InChI is InChI=1S/C35H26F4N6O5/c36-32(37)49-27-7-5-24(11-22(27)4-2-21-17-43-34(40)44-18-21)30(46)45-26-13-35(9-10-35)14-29(26)48-31(47)25-6-8-28(50-33(38)39)23(12-25)3-1-20-15-41-19-42-16-20/h5-8,11-12,15-19,26,29,32-33H,9-10,13-14H2,(H,45,46)(H2,40,43,44)/t26-,29-/m0/s1. The maximum Gasteiger partial charge on any atom is 0.387 e. The molecule has 2 saturated carbocycles. The Bertz CT molecular complexity index is 2020. The Morgan fingerprint density at radius 1 is 0.800 bits per heavy atom. The van der Waals surface area contributed by atoms with Crippen LogP contribution in [0.1, 0.15) is 68.7 Å². The number of carbonyl (C=O) groups excluding carboxylic acids is 2. The number of nitrogens with zero attached hydrogens (tertiary/aromatic N) is 4. The number of esters is 1. The molecule has 2 atom stereocenters. The number of alkyl halides is 4. The van der Waals surface area contributed by atoms with Crippen molar-refractivity contribution in [3.05, 3.63) is 101 Å². The summed E-state index contributed by atoms with van der Waals surface area (Å²) in [4.78, 5) is 42.2. The van der Waals surface area contributed by atoms with Crippen LogP contribution in [0.4, 0.5) is 23.5 Å². The second kappa shape index (κ2) is 14.5. The molecule has 1 spiro atoms. The smallest absolute Gasteiger partial charge is 0.387 e. The number of amides is 1. The molecule has 4 aromatic rings. The van der Waals surface area contributed by atoms with Gasteiger partial charge in [0, 0.05) is 30.4 Å². The normalized spacial score (nSPS) is 16.9. The Balaban J connectivity index is 1.20. The molecule has 3 N–H and O–H groups in total. The molecular formula is C35H26F4N6O5. The maximum absolute atomic E-state index is 13.5. The zero-order valence-corrected chi connectivity index (χ0v) is 25.9. The average Bonchev–Trinajstić information content (AvgIpc) is 3.77. The molecule has 2 aliphatic rings. The highest BCUT2D eigenvalue weighted by molar-refractivity contribution is 5.95. The molecule has 1 amide bonds. The number of ether oxygens (including phenoxy) is 3. The van der Waals surface area contributed by atoms with Crippen LogP contribution in [0.15, 0.2) is 67.5 Å². The van der Waals surface area contributed by atoms with Crippen molar-refractivity contribution in [1.82, 2.24) is 25.3 Å². The van der Waals surface area contributed by atoms with Gasteiger partial charge in [0.25, 0.3) is 5.91 Å². The van der Waals surface area contributed by atoms with Gasteiger partial charge in [0.2, 0.25) is 5.95 Å². The van der Waals surface area contributed by atoms with Crippen molar-refractivity contribution in [2.24, 2.45) is 5.41 Å². The van der Waals surface area contributed by atoms with Gasteiger partial charge in [-0.15, -0.1) is 0 Å². The summed E-state index contributed by atoms with van der Waals surface area (Å²) >= 11 is 0. The molecule has 254 valence electrons. The highest BCUT2D eigenvalue weighted by Crippen LogP contribution is 2.58. The molecular weight excluding hydrogens is 660 g/mol. The van der Waals surface area contributed by atoms with Gasteiger partial charge in [-0.25, -0.2) is 24.7 Å². The van der Waals surface area contributed by atoms with E-state index in [1.807, 2.05) is 0 Å². The number of nitrogen functional groups attached to an aromatic ring is 1. The van der Waals surface area contributed by atoms with Gasteiger partial charge in [0.05, 0.1) is 33.9 Å². The molecule has 15 heteroatoms. The van der Waals surface area contributed by atoms with E-state index in [-0.39, 0.29) is 45.1 Å². The number of hydrogen-bond acceptors (Lipinski definition) is 10. The van der Waals surface area contributed by atoms with E-state index >= 15 is 0 Å². The van der Waals surface area contributed by atoms with Crippen molar-refractivity contribution in [3.8, 4) is 35.2 Å². The summed E-state index contributed by atoms with van der Waals surface area (Å²) in [7, 11) is 0. The van der Waals surface area contributed by atoms with Crippen LogP contribution in [0, 0.1) is 29.1 Å². The third kappa shape index (κ3) is 8.43. The van der Waals surface area contributed by atoms with Crippen LogP contribution in [-0.2, 0) is 4.74 Å². The van der Waals surface area contributed by atoms with Gasteiger partial charge in [0.15, 0.2) is 0 Å². The van der Waals surface area contributed by atoms with Crippen LogP contribution < -0.4 is 20.5 Å². The Hall–Kier alpha value is -6.22. The van der Waals surface area contributed by atoms with Crippen molar-refractivity contribution in [1.29, 1.82) is 0 Å². The average molecular weight is 687 g/mol. The Kier molecular flexibility index (Phi) is 9.76. The Morgan fingerprint density at radius 3 is 1.94 bits per heavy atom. The van der Waals surface area contributed by atoms with E-state index in [4.69, 9.17) is 10.5 Å². The fourth-order valence-corrected chi connectivity index (χ4v) is 5.53. The highest BCUT2D eigenvalue weighted by Gasteiger charge is 2.54. The first-order chi connectivity index (χ1) is 24.1. The van der Waals surface area contributed by atoms with Gasteiger partial charge in [-0.3, -0.25) is 4.79 Å². The van der Waals surface area contributed by atoms with Crippen molar-refractivity contribution in [2.75, 3.05) is 5.73 Å². The lowest BCUT2D eigenvalue weighted by Gasteiger charge is -2.22. The van der Waals surface area contributed by atoms with Gasteiger partial charge in [-0.2, -0.15) is 17.6 Å². The van der Waals surface area contributed by atoms with Gasteiger partial charge in [-0.1, -0.05) is 23.7 Å². The van der Waals surface area contributed by atoms with Gasteiger partial charge in [-0.05, 0) is 67.5 Å². The highest BCUT2D eigenvalue weighted by atomic mass is 19.3. The fraction of sp³-hybridized carbons (Fsp3) is 0.257. The SMILES string of the molecule is Nc1ncc(C#Cc2cc(C(=O)N[C@H]3CC4(CC4)C[C@@H]3OC(=O)c3ccc(OC(F)F)c(C#Cc4cncnc4)c3)ccc2OC(F)F)cn1. The third-order valence-electron chi connectivity index (χ3n) is 8.07. The molecule has 0 radical (unpaired) electrons. The number of halogens is 4. The molecule has 2 fully saturated rings. The largest absolute Gasteiger partial charge is 0.457 e. The fourth-order valence-electron chi connectivity index (χ4n) is 5.53. The van der Waals surface area contributed by atoms with Crippen molar-refractivity contribution in [3.63, 3.8) is 0 Å². The lowest BCUT2D eigenvalue weighted by Crippen LogP contribution is -2.42. The maximum atomic E-state index is 13.5. The van der Waals surface area contributed by atoms with Crippen molar-refractivity contribution < 1.29 is 41.4 Å². The molecule has 0 bridgehead atoms. The monoisotopic (exact) mass is 686 g/mol. The number of hydrogen-bond donors (Lipinski definition) is 2. The zero-order chi connectivity index (χ0) is 35.3. The molecule has 0 aliphatic heterocycles. The molecule has 11 nitrogen and oxygen atoms in total. The van der Waals surface area contributed by atoms with Crippen LogP contribution in [0.25, 0.3) is 0 Å². The summed E-state index contributed by atoms with van der Waals surface area (Å²) in [5, 5.41) is 2.92. The van der Waals surface area contributed by atoms with E-state index in [1.54, 1.807) is 0 Å². The number of nitrogens with two attached hydrogens (primary N) is 1. The Labute approximate surface area is 282 Å². The van der Waals surface area contributed by atoms with E-state index < -0.39 is 37.2 Å². The minimum atomic E-state index is -3.13. The van der Waals surface area contributed by atoms with Crippen LogP contribution in [-0.4, -0.2) is 57.2 Å². The van der Waals surface area contributed by atoms with E-state index in [0.29, 0.717) is 24.0 Å². The molecule has 2 aliphatic carbocycles. The first-order valence-electron chi connectivity index (χ1n) is 15.1. The van der Waals surface area contributed by atoms with Crippen LogP contribution >= 0.6 is 0 Å². The number of nitrogens with one attached hydrogen (secondary N) is 1. The van der Waals surface area contributed by atoms with Gasteiger partial charge >= 0.3 is 19.2 Å². The van der Waals surface area contributed by atoms with Gasteiger partial charge < -0.3 is 25.3 Å². The van der Waals surface area contributed by atoms with Crippen LogP contribution in [0.2, 0.25) is 0 Å². The summed E-state index contributed by atoms with van der Waals surface area (Å²) in [6.45, 7) is -6.26. The summed E-state index contributed by atoms with van der Waals surface area (Å²) in [5.74, 6) is 9.17. The molecule has 6 rings (SSSR count). The quantitative estimate of drug-likeness (QED) is 0.151. The molecule has 0 saturated heterocycles. The Morgan fingerprint density at radius 2 is 1.36 bits per heavy atom. The van der Waals surface area contributed by atoms with Crippen LogP contribution in [0.3, 0.4) is 0 Å². The van der Waals surface area contributed by atoms with E-state index in [1.165, 1.54) is 67.5 Å². The first-order valence-corrected chi connectivity index (χ1v) is 15.1. The minimum Gasteiger partial charge on any atom is -0.457 e. The number of aromatic nitrogens is 4. The molecule has 0 unspecified atom stereocenters. The second-order valence-electron chi connectivity index (χ2n) is 11.6. The summed E-state index contributed by atoms with van der Waals surface area (Å²) in [5.41, 5.74) is 6.32. The zero-order valence-electron chi connectivity index (χ0n) is 25.9. The second-order valence-corrected chi connectivity index (χ2v) is 11.6. The number of carbonyl (C=O) groups is 2. The molecule has 2 aromatic carbocycles. The summed E-state index contributed by atoms with van der Waals surface area (Å²) in [6.07, 6.45) is 9.01. The lowest BCUT2D eigenvalue weighted by molar-refractivity contribution is -0.0507. The van der Waals surface area contributed by atoms with Crippen molar-refractivity contribution in [2.45, 2.75) is 51.1 Å². The van der Waals surface area contributed by atoms with E-state index in [2.05, 4.69) is 58.4 Å². The lowest BCUT2D eigenvalue weighted by atomic mass is 10.1. The molecule has 50 heavy (non-hydrogen) atoms. The predicted octanol–water partition coefficient (Wildman–Crippen LogP) is 4.75. The third-order valence-corrected chi connectivity index (χ3v) is 8.07. The summed E-state index contributed by atoms with van der Waals surface area (Å²) in [6, 6.07) is 7.04. The van der Waals surface area contributed by atoms with Gasteiger partial charge in [0.1, 0.15) is 23.9 Å². The predicted molar refractivity (Wildman–Crippen MR) is 168 cm³/mol. The van der Waals surface area contributed by atoms with Crippen LogP contribution in [0.5, 0.6) is 11.5 Å². The topological polar surface area (TPSA) is 151 Å². The van der Waals surface area contributed by atoms with E-state index in [0.717, 1.165) is 12.8 Å². The molecule has 2 heterocycles. The van der Waals surface area contributed by atoms with E-state index in [9.17, 15) is 27.2 Å². The molecule has 2 aromatic heterocycles. The van der Waals surface area contributed by atoms with Crippen molar-refractivity contribution >= 4 is 17.8 Å². The summed E-state index contributed by atoms with van der Waals surface area (Å²) < 4.78 is 67.5. The number of benzene rings is 2.